The number of halogens is 2. The van der Waals surface area contributed by atoms with Gasteiger partial charge in [-0.1, -0.05) is 30.0 Å². The molecule has 26 heavy (non-hydrogen) atoms. The lowest BCUT2D eigenvalue weighted by atomic mass is 10.2. The Hall–Kier alpha value is -3.46. The fourth-order valence-electron chi connectivity index (χ4n) is 2.28. The number of para-hydroxylation sites is 1. The number of hydrogen-bond acceptors (Lipinski definition) is 3. The number of rotatable bonds is 4. The van der Waals surface area contributed by atoms with E-state index in [4.69, 9.17) is 4.74 Å². The molecule has 1 heterocycles. The zero-order valence-electron chi connectivity index (χ0n) is 13.6. The molecule has 0 atom stereocenters. The highest BCUT2D eigenvalue weighted by molar-refractivity contribution is 5.94. The van der Waals surface area contributed by atoms with Gasteiger partial charge in [0.2, 0.25) is 0 Å². The van der Waals surface area contributed by atoms with Crippen LogP contribution in [-0.4, -0.2) is 24.0 Å². The summed E-state index contributed by atoms with van der Waals surface area (Å²) in [4.78, 5) is 16.1. The van der Waals surface area contributed by atoms with Crippen molar-refractivity contribution in [3.8, 4) is 17.6 Å². The number of ether oxygens (including phenoxy) is 1. The number of carbonyl (C=O) groups is 1. The van der Waals surface area contributed by atoms with Gasteiger partial charge in [0, 0.05) is 17.1 Å². The third kappa shape index (κ3) is 4.14. The van der Waals surface area contributed by atoms with Gasteiger partial charge in [-0.15, -0.1) is 0 Å². The molecule has 0 saturated heterocycles. The minimum Gasteiger partial charge on any atom is -0.479 e. The normalized spacial score (nSPS) is 10.1. The number of aromatic nitrogens is 1. The van der Waals surface area contributed by atoms with E-state index in [0.29, 0.717) is 5.75 Å². The van der Waals surface area contributed by atoms with E-state index in [1.54, 1.807) is 6.20 Å². The van der Waals surface area contributed by atoms with Crippen LogP contribution in [0.25, 0.3) is 10.9 Å². The maximum Gasteiger partial charge on any atom is 0.252 e. The second-order valence-electron chi connectivity index (χ2n) is 5.29. The summed E-state index contributed by atoms with van der Waals surface area (Å²) >= 11 is 0. The Morgan fingerprint density at radius 2 is 1.92 bits per heavy atom. The molecule has 0 aliphatic heterocycles. The van der Waals surface area contributed by atoms with Crippen LogP contribution in [0.15, 0.2) is 54.7 Å². The van der Waals surface area contributed by atoms with Gasteiger partial charge in [0.1, 0.15) is 17.9 Å². The Morgan fingerprint density at radius 1 is 1.08 bits per heavy atom. The van der Waals surface area contributed by atoms with Crippen LogP contribution in [0.3, 0.4) is 0 Å². The van der Waals surface area contributed by atoms with Crippen LogP contribution in [0.1, 0.15) is 10.4 Å². The molecule has 130 valence electrons. The molecule has 6 heteroatoms. The first-order valence-corrected chi connectivity index (χ1v) is 7.80. The average molecular weight is 352 g/mol. The smallest absolute Gasteiger partial charge is 0.252 e. The summed E-state index contributed by atoms with van der Waals surface area (Å²) in [5.74, 6) is 3.54. The first-order chi connectivity index (χ1) is 12.6. The van der Waals surface area contributed by atoms with Gasteiger partial charge in [-0.05, 0) is 30.3 Å². The lowest BCUT2D eigenvalue weighted by molar-refractivity contribution is 0.0958. The van der Waals surface area contributed by atoms with Crippen LogP contribution in [0.5, 0.6) is 5.75 Å². The second kappa shape index (κ2) is 8.08. The third-order valence-electron chi connectivity index (χ3n) is 3.54. The van der Waals surface area contributed by atoms with E-state index < -0.39 is 17.5 Å². The van der Waals surface area contributed by atoms with Gasteiger partial charge in [0.15, 0.2) is 11.6 Å². The number of nitrogens with one attached hydrogen (secondary N) is 1. The predicted molar refractivity (Wildman–Crippen MR) is 93.7 cm³/mol. The predicted octanol–water partition coefficient (Wildman–Crippen LogP) is 3.33. The summed E-state index contributed by atoms with van der Waals surface area (Å²) in [5, 5.41) is 3.47. The van der Waals surface area contributed by atoms with Crippen LogP contribution in [0, 0.1) is 23.5 Å². The van der Waals surface area contributed by atoms with E-state index in [-0.39, 0.29) is 18.7 Å². The number of benzene rings is 2. The molecule has 0 fully saturated rings. The molecule has 1 N–H and O–H groups in total. The van der Waals surface area contributed by atoms with Gasteiger partial charge >= 0.3 is 0 Å². The molecule has 0 aliphatic carbocycles. The van der Waals surface area contributed by atoms with Gasteiger partial charge in [0.05, 0.1) is 6.54 Å². The van der Waals surface area contributed by atoms with Crippen LogP contribution in [-0.2, 0) is 0 Å². The Bertz CT molecular complexity index is 1000. The van der Waals surface area contributed by atoms with Crippen molar-refractivity contribution < 1.29 is 18.3 Å². The van der Waals surface area contributed by atoms with Crippen molar-refractivity contribution in [2.75, 3.05) is 13.2 Å². The van der Waals surface area contributed by atoms with E-state index in [1.165, 1.54) is 6.07 Å². The molecule has 2 aromatic carbocycles. The Kier molecular flexibility index (Phi) is 5.40. The Labute approximate surface area is 148 Å². The van der Waals surface area contributed by atoms with Gasteiger partial charge in [0.25, 0.3) is 5.91 Å². The van der Waals surface area contributed by atoms with Crippen molar-refractivity contribution in [3.05, 3.63) is 71.9 Å². The van der Waals surface area contributed by atoms with Crippen molar-refractivity contribution in [2.45, 2.75) is 0 Å². The molecular formula is C20H14F2N2O2. The summed E-state index contributed by atoms with van der Waals surface area (Å²) in [6.07, 6.45) is 1.69. The monoisotopic (exact) mass is 352 g/mol. The average Bonchev–Trinajstić information content (AvgIpc) is 2.66. The quantitative estimate of drug-likeness (QED) is 0.733. The number of fused-ring (bicyclic) bond motifs is 1. The fraction of sp³-hybridized carbons (Fsp3) is 0.100. The molecule has 0 bridgehead atoms. The maximum atomic E-state index is 13.1. The van der Waals surface area contributed by atoms with Crippen LogP contribution in [0.4, 0.5) is 8.78 Å². The molecule has 4 nitrogen and oxygen atoms in total. The lowest BCUT2D eigenvalue weighted by Crippen LogP contribution is -2.23. The summed E-state index contributed by atoms with van der Waals surface area (Å²) in [5.41, 5.74) is 0.784. The highest BCUT2D eigenvalue weighted by Crippen LogP contribution is 2.22. The molecule has 3 rings (SSSR count). The van der Waals surface area contributed by atoms with Crippen molar-refractivity contribution in [1.29, 1.82) is 0 Å². The zero-order chi connectivity index (χ0) is 18.4. The highest BCUT2D eigenvalue weighted by Gasteiger charge is 2.08. The summed E-state index contributed by atoms with van der Waals surface area (Å²) in [6, 6.07) is 12.4. The van der Waals surface area contributed by atoms with Crippen LogP contribution in [0.2, 0.25) is 0 Å². The van der Waals surface area contributed by atoms with Crippen LogP contribution < -0.4 is 10.1 Å². The van der Waals surface area contributed by atoms with E-state index in [9.17, 15) is 13.6 Å². The van der Waals surface area contributed by atoms with Crippen molar-refractivity contribution >= 4 is 16.8 Å². The van der Waals surface area contributed by atoms with E-state index in [2.05, 4.69) is 22.1 Å². The molecular weight excluding hydrogens is 338 g/mol. The molecule has 3 aromatic rings. The molecule has 0 radical (unpaired) electrons. The van der Waals surface area contributed by atoms with Gasteiger partial charge < -0.3 is 10.1 Å². The molecule has 0 spiro atoms. The van der Waals surface area contributed by atoms with E-state index in [0.717, 1.165) is 23.0 Å². The molecule has 1 amide bonds. The number of carbonyl (C=O) groups excluding carboxylic acids is 1. The number of nitrogens with zero attached hydrogens (tertiary/aromatic N) is 1. The summed E-state index contributed by atoms with van der Waals surface area (Å²) in [6.45, 7) is 0.200. The van der Waals surface area contributed by atoms with E-state index >= 15 is 0 Å². The summed E-state index contributed by atoms with van der Waals surface area (Å²) < 4.78 is 31.5. The number of amides is 1. The van der Waals surface area contributed by atoms with Gasteiger partial charge in [-0.3, -0.25) is 9.78 Å². The minimum absolute atomic E-state index is 0.0313. The lowest BCUT2D eigenvalue weighted by Gasteiger charge is -2.05. The minimum atomic E-state index is -1.07. The third-order valence-corrected chi connectivity index (χ3v) is 3.54. The zero-order valence-corrected chi connectivity index (χ0v) is 13.6. The van der Waals surface area contributed by atoms with Crippen LogP contribution >= 0.6 is 0 Å². The topological polar surface area (TPSA) is 51.2 Å². The first kappa shape index (κ1) is 17.4. The Morgan fingerprint density at radius 3 is 2.77 bits per heavy atom. The first-order valence-electron chi connectivity index (χ1n) is 7.80. The Balaban J connectivity index is 1.51. The number of pyridine rings is 1. The molecule has 0 unspecified atom stereocenters. The largest absolute Gasteiger partial charge is 0.479 e. The maximum absolute atomic E-state index is 13.1. The molecule has 0 aliphatic rings. The SMILES string of the molecule is O=C(NCC#CCOc1cccc2cccnc12)c1ccc(F)c(F)c1. The van der Waals surface area contributed by atoms with Gasteiger partial charge in [-0.2, -0.15) is 0 Å². The standard InChI is InChI=1S/C20H14F2N2O2/c21-16-9-8-15(13-17(16)22)20(25)24-10-1-2-12-26-18-7-3-5-14-6-4-11-23-19(14)18/h3-9,11,13H,10,12H2,(H,24,25). The highest BCUT2D eigenvalue weighted by atomic mass is 19.2. The summed E-state index contributed by atoms with van der Waals surface area (Å²) in [7, 11) is 0. The van der Waals surface area contributed by atoms with Crippen molar-refractivity contribution in [2.24, 2.45) is 0 Å². The second-order valence-corrected chi connectivity index (χ2v) is 5.29. The number of hydrogen-bond donors (Lipinski definition) is 1. The van der Waals surface area contributed by atoms with Gasteiger partial charge in [-0.25, -0.2) is 8.78 Å². The molecule has 1 aromatic heterocycles. The van der Waals surface area contributed by atoms with E-state index in [1.807, 2.05) is 30.3 Å². The van der Waals surface area contributed by atoms with Crippen molar-refractivity contribution in [3.63, 3.8) is 0 Å². The fourth-order valence-corrected chi connectivity index (χ4v) is 2.28. The molecule has 0 saturated carbocycles. The van der Waals surface area contributed by atoms with Crippen molar-refractivity contribution in [1.82, 2.24) is 10.3 Å².